The van der Waals surface area contributed by atoms with Gasteiger partial charge in [0.05, 0.1) is 12.7 Å². The maximum Gasteiger partial charge on any atom is 0.127 e. The van der Waals surface area contributed by atoms with E-state index < -0.39 is 6.10 Å². The van der Waals surface area contributed by atoms with Crippen LogP contribution in [0.3, 0.4) is 0 Å². The Hall–Kier alpha value is -0.116. The Morgan fingerprint density at radius 2 is 1.85 bits per heavy atom. The summed E-state index contributed by atoms with van der Waals surface area (Å²) in [5, 5.41) is 13.1. The molecular weight excluding hydrogens is 456 g/mol. The van der Waals surface area contributed by atoms with Gasteiger partial charge in [0.2, 0.25) is 0 Å². The zero-order valence-electron chi connectivity index (χ0n) is 15.4. The van der Waals surface area contributed by atoms with Crippen molar-refractivity contribution in [3.8, 4) is 5.75 Å². The number of benzene rings is 2. The maximum absolute atomic E-state index is 10.4. The predicted octanol–water partition coefficient (Wildman–Crippen LogP) is 6.03. The summed E-state index contributed by atoms with van der Waals surface area (Å²) < 4.78 is 6.12. The molecule has 0 spiro atoms. The molecule has 5 heteroatoms. The Morgan fingerprint density at radius 1 is 1.11 bits per heavy atom. The third-order valence-corrected chi connectivity index (χ3v) is 6.01. The molecule has 2 aromatic rings. The molecule has 0 bridgehead atoms. The van der Waals surface area contributed by atoms with E-state index in [1.165, 1.54) is 0 Å². The first-order chi connectivity index (χ1) is 12.6. The van der Waals surface area contributed by atoms with E-state index in [9.17, 15) is 5.11 Å². The molecule has 1 saturated carbocycles. The largest absolute Gasteiger partial charge is 0.493 e. The van der Waals surface area contributed by atoms with Gasteiger partial charge < -0.3 is 16.8 Å². The van der Waals surface area contributed by atoms with Crippen LogP contribution in [0.25, 0.3) is 10.8 Å². The van der Waals surface area contributed by atoms with Gasteiger partial charge >= 0.3 is 0 Å². The summed E-state index contributed by atoms with van der Waals surface area (Å²) in [5.41, 5.74) is 0. The van der Waals surface area contributed by atoms with Crippen molar-refractivity contribution in [3.63, 3.8) is 0 Å². The normalized spacial score (nSPS) is 25.0. The second kappa shape index (κ2) is 11.2. The molecule has 1 fully saturated rings. The minimum atomic E-state index is -0.428. The van der Waals surface area contributed by atoms with Crippen LogP contribution in [-0.4, -0.2) is 23.2 Å². The smallest absolute Gasteiger partial charge is 0.127 e. The average Bonchev–Trinajstić information content (AvgIpc) is 2.91. The summed E-state index contributed by atoms with van der Waals surface area (Å²) in [7, 11) is 0. The second-order valence-corrected chi connectivity index (χ2v) is 7.87. The number of aliphatic hydroxyl groups is 1. The van der Waals surface area contributed by atoms with E-state index in [1.54, 1.807) is 0 Å². The third-order valence-electron chi connectivity index (χ3n) is 5.18. The van der Waals surface area contributed by atoms with Gasteiger partial charge in [0.1, 0.15) is 5.75 Å². The van der Waals surface area contributed by atoms with Crippen LogP contribution >= 0.6 is 23.2 Å². The molecule has 0 aliphatic heterocycles. The fraction of sp³-hybridized carbons (Fsp3) is 0.409. The summed E-state index contributed by atoms with van der Waals surface area (Å²) in [4.78, 5) is 0. The van der Waals surface area contributed by atoms with Crippen molar-refractivity contribution in [2.45, 2.75) is 37.2 Å². The van der Waals surface area contributed by atoms with Gasteiger partial charge in [-0.15, -0.1) is 11.6 Å². The van der Waals surface area contributed by atoms with E-state index in [2.05, 4.69) is 19.1 Å². The summed E-state index contributed by atoms with van der Waals surface area (Å²) in [6.45, 7) is 4.29. The monoisotopic (exact) mass is 480 g/mol. The van der Waals surface area contributed by atoms with E-state index in [-0.39, 0.29) is 49.9 Å². The fourth-order valence-corrected chi connectivity index (χ4v) is 4.43. The Labute approximate surface area is 197 Å². The molecule has 0 saturated heterocycles. The number of alkyl halides is 1. The molecule has 1 aliphatic rings. The number of ether oxygens (including phenoxy) is 1. The van der Waals surface area contributed by atoms with Crippen LogP contribution in [0.2, 0.25) is 5.02 Å². The molecule has 1 radical (unpaired) electrons. The van der Waals surface area contributed by atoms with Crippen molar-refractivity contribution in [2.24, 2.45) is 11.8 Å². The summed E-state index contributed by atoms with van der Waals surface area (Å²) in [6, 6.07) is 11.7. The number of hydrogen-bond acceptors (Lipinski definition) is 2. The predicted molar refractivity (Wildman–Crippen MR) is 110 cm³/mol. The zero-order chi connectivity index (χ0) is 18.5. The Kier molecular flexibility index (Phi) is 9.58. The topological polar surface area (TPSA) is 29.5 Å². The number of hydrogen-bond donors (Lipinski definition) is 1. The van der Waals surface area contributed by atoms with Gasteiger partial charge in [0, 0.05) is 59.8 Å². The number of fused-ring (bicyclic) bond motifs is 1. The molecule has 143 valence electrons. The number of halogens is 2. The van der Waals surface area contributed by atoms with Crippen LogP contribution < -0.4 is 4.74 Å². The van der Waals surface area contributed by atoms with Crippen molar-refractivity contribution in [3.05, 3.63) is 60.5 Å². The molecule has 0 unspecified atom stereocenters. The number of rotatable bonds is 7. The number of allylic oxidation sites excluding steroid dienone is 2. The first-order valence-corrected chi connectivity index (χ1v) is 9.99. The van der Waals surface area contributed by atoms with Gasteiger partial charge in [0.15, 0.2) is 0 Å². The van der Waals surface area contributed by atoms with E-state index >= 15 is 0 Å². The Bertz CT molecular complexity index is 765. The molecule has 2 aromatic carbocycles. The summed E-state index contributed by atoms with van der Waals surface area (Å²) in [5.74, 6) is 1.03. The molecule has 1 aliphatic carbocycles. The molecule has 0 amide bonds. The van der Waals surface area contributed by atoms with Crippen LogP contribution in [0.4, 0.5) is 0 Å². The second-order valence-electron chi connectivity index (χ2n) is 6.90. The van der Waals surface area contributed by atoms with Crippen LogP contribution in [0.15, 0.2) is 48.6 Å². The van der Waals surface area contributed by atoms with Crippen molar-refractivity contribution in [1.82, 2.24) is 0 Å². The molecule has 3 rings (SSSR count). The molecule has 0 heterocycles. The van der Waals surface area contributed by atoms with Crippen molar-refractivity contribution < 1.29 is 42.6 Å². The average molecular weight is 481 g/mol. The van der Waals surface area contributed by atoms with Gasteiger partial charge in [-0.3, -0.25) is 0 Å². The van der Waals surface area contributed by atoms with Gasteiger partial charge in [-0.05, 0) is 30.9 Å². The first-order valence-electron chi connectivity index (χ1n) is 9.18. The molecule has 2 nitrogen and oxygen atoms in total. The van der Waals surface area contributed by atoms with E-state index in [1.807, 2.05) is 36.4 Å². The van der Waals surface area contributed by atoms with E-state index in [0.717, 1.165) is 35.8 Å². The van der Waals surface area contributed by atoms with Gasteiger partial charge in [-0.2, -0.15) is 6.42 Å². The SMILES string of the molecule is [CH2-]CC/C=C\C[C@@H]1[C@@H](COc2ccc(Cl)c3ccccc23)[C@H](O)C[C@H]1Cl.[Y]. The minimum Gasteiger partial charge on any atom is -0.493 e. The van der Waals surface area contributed by atoms with Crippen LogP contribution in [0.1, 0.15) is 25.7 Å². The molecular formula is C22H25Cl2O2Y-. The molecule has 4 atom stereocenters. The van der Waals surface area contributed by atoms with Gasteiger partial charge in [-0.25, -0.2) is 0 Å². The van der Waals surface area contributed by atoms with Crippen molar-refractivity contribution in [1.29, 1.82) is 0 Å². The van der Waals surface area contributed by atoms with Gasteiger partial charge in [-0.1, -0.05) is 54.4 Å². The molecule has 27 heavy (non-hydrogen) atoms. The first kappa shape index (κ1) is 23.2. The Morgan fingerprint density at radius 3 is 2.59 bits per heavy atom. The van der Waals surface area contributed by atoms with E-state index in [0.29, 0.717) is 18.1 Å². The fourth-order valence-electron chi connectivity index (χ4n) is 3.73. The molecule has 0 aromatic heterocycles. The van der Waals surface area contributed by atoms with Crippen molar-refractivity contribution >= 4 is 34.0 Å². The number of aliphatic hydroxyl groups excluding tert-OH is 1. The van der Waals surface area contributed by atoms with Crippen LogP contribution in [0, 0.1) is 18.8 Å². The van der Waals surface area contributed by atoms with E-state index in [4.69, 9.17) is 27.9 Å². The summed E-state index contributed by atoms with van der Waals surface area (Å²) in [6.07, 6.45) is 7.22. The third kappa shape index (κ3) is 5.70. The molecule has 1 N–H and O–H groups in total. The number of unbranched alkanes of at least 4 members (excludes halogenated alkanes) is 1. The quantitative estimate of drug-likeness (QED) is 0.297. The minimum absolute atomic E-state index is 0. The van der Waals surface area contributed by atoms with Crippen LogP contribution in [0.5, 0.6) is 5.75 Å². The van der Waals surface area contributed by atoms with Crippen LogP contribution in [-0.2, 0) is 32.7 Å². The summed E-state index contributed by atoms with van der Waals surface area (Å²) >= 11 is 12.8. The Balaban J connectivity index is 0.00000261. The van der Waals surface area contributed by atoms with Crippen molar-refractivity contribution in [2.75, 3.05) is 6.61 Å². The standard InChI is InChI=1S/C22H25Cl2O2.Y/c1-2-3-4-5-8-16-18(21(25)13-20(16)24)14-26-22-12-11-19(23)15-9-6-7-10-17(15)22;/h4-7,9-12,16,18,20-21,25H,1-3,8,13-14H2;/q-1;/b5-4-;/t16-,18-,20-,21-;/m1./s1. The van der Waals surface area contributed by atoms with Gasteiger partial charge in [0.25, 0.3) is 0 Å². The maximum atomic E-state index is 10.4. The zero-order valence-corrected chi connectivity index (χ0v) is 19.7.